The number of carbonyl (C=O) groups excluding carboxylic acids is 1. The molecule has 0 saturated heterocycles. The second kappa shape index (κ2) is 4.32. The second-order valence-electron chi connectivity index (χ2n) is 2.11. The summed E-state index contributed by atoms with van der Waals surface area (Å²) in [5.41, 5.74) is 5.29. The highest BCUT2D eigenvalue weighted by molar-refractivity contribution is 5.75. The fourth-order valence-electron chi connectivity index (χ4n) is 0.553. The molecule has 54 valence electrons. The quantitative estimate of drug-likeness (QED) is 0.536. The van der Waals surface area contributed by atoms with E-state index in [9.17, 15) is 4.79 Å². The Balaban J connectivity index is 3.27. The molecule has 0 aromatic rings. The highest BCUT2D eigenvalue weighted by Crippen LogP contribution is 1.84. The molecule has 3 N–H and O–H groups in total. The summed E-state index contributed by atoms with van der Waals surface area (Å²) in [7, 11) is 0. The lowest BCUT2D eigenvalue weighted by Gasteiger charge is -2.05. The smallest absolute Gasteiger partial charge is 0.221 e. The van der Waals surface area contributed by atoms with Gasteiger partial charge in [0, 0.05) is 6.42 Å². The summed E-state index contributed by atoms with van der Waals surface area (Å²) in [4.78, 5) is 10.7. The standard InChI is InChI=1S/C6H14N2O/c1-3-4-6(9)8-5(2)7/h5H,3-4,7H2,1-2H3,(H,8,9). The first-order chi connectivity index (χ1) is 4.16. The third kappa shape index (κ3) is 5.30. The largest absolute Gasteiger partial charge is 0.341 e. The van der Waals surface area contributed by atoms with E-state index in [1.807, 2.05) is 6.92 Å². The van der Waals surface area contributed by atoms with E-state index in [1.165, 1.54) is 0 Å². The molecule has 0 aliphatic carbocycles. The van der Waals surface area contributed by atoms with Crippen molar-refractivity contribution in [1.29, 1.82) is 0 Å². The van der Waals surface area contributed by atoms with Crippen molar-refractivity contribution in [1.82, 2.24) is 5.32 Å². The van der Waals surface area contributed by atoms with E-state index in [-0.39, 0.29) is 12.1 Å². The molecule has 1 atom stereocenters. The maximum atomic E-state index is 10.7. The summed E-state index contributed by atoms with van der Waals surface area (Å²) < 4.78 is 0. The number of nitrogens with two attached hydrogens (primary N) is 1. The lowest BCUT2D eigenvalue weighted by Crippen LogP contribution is -2.38. The molecule has 0 heterocycles. The van der Waals surface area contributed by atoms with Gasteiger partial charge in [-0.3, -0.25) is 4.79 Å². The summed E-state index contributed by atoms with van der Waals surface area (Å²) in [6.07, 6.45) is 1.23. The lowest BCUT2D eigenvalue weighted by molar-refractivity contribution is -0.121. The Morgan fingerprint density at radius 1 is 1.78 bits per heavy atom. The minimum absolute atomic E-state index is 0.0347. The predicted molar refractivity (Wildman–Crippen MR) is 36.7 cm³/mol. The van der Waals surface area contributed by atoms with Crippen molar-refractivity contribution in [3.63, 3.8) is 0 Å². The van der Waals surface area contributed by atoms with Crippen molar-refractivity contribution in [2.24, 2.45) is 5.73 Å². The van der Waals surface area contributed by atoms with Crippen LogP contribution in [0.2, 0.25) is 0 Å². The van der Waals surface area contributed by atoms with E-state index in [4.69, 9.17) is 5.73 Å². The Bertz CT molecular complexity index is 91.1. The number of carbonyl (C=O) groups is 1. The van der Waals surface area contributed by atoms with Gasteiger partial charge in [0.15, 0.2) is 0 Å². The molecule has 0 aliphatic rings. The van der Waals surface area contributed by atoms with Crippen molar-refractivity contribution in [2.45, 2.75) is 32.9 Å². The summed E-state index contributed by atoms with van der Waals surface area (Å²) in [6, 6.07) is 0. The van der Waals surface area contributed by atoms with Crippen LogP contribution in [0.25, 0.3) is 0 Å². The van der Waals surface area contributed by atoms with E-state index in [1.54, 1.807) is 6.92 Å². The van der Waals surface area contributed by atoms with Crippen LogP contribution in [-0.2, 0) is 4.79 Å². The van der Waals surface area contributed by atoms with Gasteiger partial charge in [0.1, 0.15) is 0 Å². The highest BCUT2D eigenvalue weighted by Gasteiger charge is 1.99. The van der Waals surface area contributed by atoms with Crippen LogP contribution in [0.4, 0.5) is 0 Å². The van der Waals surface area contributed by atoms with Crippen molar-refractivity contribution >= 4 is 5.91 Å². The van der Waals surface area contributed by atoms with Crippen LogP contribution < -0.4 is 11.1 Å². The molecule has 0 spiro atoms. The molecule has 0 rings (SSSR count). The highest BCUT2D eigenvalue weighted by atomic mass is 16.1. The number of nitrogens with one attached hydrogen (secondary N) is 1. The average Bonchev–Trinajstić information content (AvgIpc) is 1.63. The summed E-state index contributed by atoms with van der Waals surface area (Å²) in [5.74, 6) is 0.0347. The zero-order valence-electron chi connectivity index (χ0n) is 5.98. The Labute approximate surface area is 55.6 Å². The summed E-state index contributed by atoms with van der Waals surface area (Å²) >= 11 is 0. The first-order valence-corrected chi connectivity index (χ1v) is 3.21. The van der Waals surface area contributed by atoms with Crippen LogP contribution >= 0.6 is 0 Å². The van der Waals surface area contributed by atoms with Crippen molar-refractivity contribution in [3.05, 3.63) is 0 Å². The van der Waals surface area contributed by atoms with Gasteiger partial charge in [-0.15, -0.1) is 0 Å². The Kier molecular flexibility index (Phi) is 4.05. The zero-order chi connectivity index (χ0) is 7.28. The third-order valence-corrected chi connectivity index (χ3v) is 0.866. The molecule has 0 aromatic carbocycles. The molecule has 0 aromatic heterocycles. The van der Waals surface area contributed by atoms with Gasteiger partial charge in [-0.2, -0.15) is 0 Å². The number of rotatable bonds is 3. The first-order valence-electron chi connectivity index (χ1n) is 3.21. The van der Waals surface area contributed by atoms with Gasteiger partial charge < -0.3 is 11.1 Å². The van der Waals surface area contributed by atoms with Crippen LogP contribution in [0.5, 0.6) is 0 Å². The van der Waals surface area contributed by atoms with Gasteiger partial charge in [-0.25, -0.2) is 0 Å². The predicted octanol–water partition coefficient (Wildman–Crippen LogP) is 0.207. The molecule has 0 aliphatic heterocycles. The molecule has 0 fully saturated rings. The molecule has 1 amide bonds. The summed E-state index contributed by atoms with van der Waals surface area (Å²) in [5, 5.41) is 2.58. The average molecular weight is 130 g/mol. The molecular formula is C6H14N2O. The maximum Gasteiger partial charge on any atom is 0.221 e. The van der Waals surface area contributed by atoms with E-state index in [0.717, 1.165) is 6.42 Å². The van der Waals surface area contributed by atoms with E-state index in [0.29, 0.717) is 6.42 Å². The van der Waals surface area contributed by atoms with Gasteiger partial charge in [0.05, 0.1) is 6.17 Å². The van der Waals surface area contributed by atoms with Crippen molar-refractivity contribution in [2.75, 3.05) is 0 Å². The molecule has 3 heteroatoms. The molecule has 0 radical (unpaired) electrons. The fraction of sp³-hybridized carbons (Fsp3) is 0.833. The maximum absolute atomic E-state index is 10.7. The SMILES string of the molecule is CCCC(=O)NC(C)N. The lowest BCUT2D eigenvalue weighted by atomic mass is 10.3. The first kappa shape index (κ1) is 8.43. The van der Waals surface area contributed by atoms with Crippen LogP contribution in [0.3, 0.4) is 0 Å². The Hall–Kier alpha value is -0.570. The van der Waals surface area contributed by atoms with E-state index in [2.05, 4.69) is 5.32 Å². The van der Waals surface area contributed by atoms with E-state index >= 15 is 0 Å². The van der Waals surface area contributed by atoms with Crippen LogP contribution in [0.1, 0.15) is 26.7 Å². The normalized spacial score (nSPS) is 12.8. The number of hydrogen-bond acceptors (Lipinski definition) is 2. The monoisotopic (exact) mass is 130 g/mol. The Morgan fingerprint density at radius 3 is 2.67 bits per heavy atom. The van der Waals surface area contributed by atoms with Gasteiger partial charge >= 0.3 is 0 Å². The fourth-order valence-corrected chi connectivity index (χ4v) is 0.553. The van der Waals surface area contributed by atoms with Crippen molar-refractivity contribution < 1.29 is 4.79 Å². The van der Waals surface area contributed by atoms with Crippen LogP contribution in [0.15, 0.2) is 0 Å². The minimum Gasteiger partial charge on any atom is -0.341 e. The summed E-state index contributed by atoms with van der Waals surface area (Å²) in [6.45, 7) is 3.70. The molecule has 0 bridgehead atoms. The topological polar surface area (TPSA) is 55.1 Å². The van der Waals surface area contributed by atoms with Gasteiger partial charge in [0.2, 0.25) is 5.91 Å². The number of amides is 1. The van der Waals surface area contributed by atoms with Gasteiger partial charge in [-0.05, 0) is 13.3 Å². The van der Waals surface area contributed by atoms with Gasteiger partial charge in [-0.1, -0.05) is 6.92 Å². The second-order valence-corrected chi connectivity index (χ2v) is 2.11. The molecular weight excluding hydrogens is 116 g/mol. The Morgan fingerprint density at radius 2 is 2.33 bits per heavy atom. The van der Waals surface area contributed by atoms with Crippen LogP contribution in [0, 0.1) is 0 Å². The van der Waals surface area contributed by atoms with E-state index < -0.39 is 0 Å². The molecule has 1 unspecified atom stereocenters. The minimum atomic E-state index is -0.218. The third-order valence-electron chi connectivity index (χ3n) is 0.866. The van der Waals surface area contributed by atoms with Crippen LogP contribution in [-0.4, -0.2) is 12.1 Å². The number of hydrogen-bond donors (Lipinski definition) is 2. The molecule has 3 nitrogen and oxygen atoms in total. The zero-order valence-corrected chi connectivity index (χ0v) is 5.98. The molecule has 0 saturated carbocycles. The van der Waals surface area contributed by atoms with Crippen molar-refractivity contribution in [3.8, 4) is 0 Å². The molecule has 9 heavy (non-hydrogen) atoms. The van der Waals surface area contributed by atoms with Gasteiger partial charge in [0.25, 0.3) is 0 Å².